The van der Waals surface area contributed by atoms with E-state index in [-0.39, 0.29) is 0 Å². The first kappa shape index (κ1) is 10.6. The number of aromatic nitrogens is 1. The maximum Gasteiger partial charge on any atom is 0.0485 e. The lowest BCUT2D eigenvalue weighted by Crippen LogP contribution is -2.32. The van der Waals surface area contributed by atoms with Crippen molar-refractivity contribution in [3.8, 4) is 0 Å². The molecule has 1 N–H and O–H groups in total. The summed E-state index contributed by atoms with van der Waals surface area (Å²) in [6.45, 7) is 2.35. The first-order chi connectivity index (χ1) is 8.95. The smallest absolute Gasteiger partial charge is 0.0485 e. The minimum atomic E-state index is 0.599. The fraction of sp³-hybridized carbons (Fsp3) is 0.500. The zero-order chi connectivity index (χ0) is 11.9. The van der Waals surface area contributed by atoms with Gasteiger partial charge in [-0.15, -0.1) is 0 Å². The molecule has 1 unspecified atom stereocenters. The fourth-order valence-electron chi connectivity index (χ4n) is 3.80. The van der Waals surface area contributed by atoms with Gasteiger partial charge in [0, 0.05) is 29.2 Å². The van der Waals surface area contributed by atoms with Crippen LogP contribution in [0.25, 0.3) is 10.9 Å². The molecule has 0 amide bonds. The lowest BCUT2D eigenvalue weighted by Gasteiger charge is -2.29. The molecule has 0 bridgehead atoms. The second-order valence-corrected chi connectivity index (χ2v) is 5.64. The number of hydrogen-bond acceptors (Lipinski definition) is 1. The predicted molar refractivity (Wildman–Crippen MR) is 74.9 cm³/mol. The maximum absolute atomic E-state index is 3.72. The van der Waals surface area contributed by atoms with E-state index >= 15 is 0 Å². The predicted octanol–water partition coefficient (Wildman–Crippen LogP) is 3.40. The van der Waals surface area contributed by atoms with Crippen LogP contribution in [0.4, 0.5) is 0 Å². The summed E-state index contributed by atoms with van der Waals surface area (Å²) in [7, 11) is 0. The zero-order valence-corrected chi connectivity index (χ0v) is 10.8. The number of hydrogen-bond donors (Lipinski definition) is 1. The minimum Gasteiger partial charge on any atom is -0.343 e. The first-order valence-electron chi connectivity index (χ1n) is 7.28. The molecule has 0 saturated heterocycles. The lowest BCUT2D eigenvalue weighted by atomic mass is 9.94. The Morgan fingerprint density at radius 2 is 2.06 bits per heavy atom. The molecule has 0 saturated carbocycles. The van der Waals surface area contributed by atoms with Gasteiger partial charge in [-0.1, -0.05) is 31.0 Å². The van der Waals surface area contributed by atoms with Gasteiger partial charge in [0.25, 0.3) is 0 Å². The second-order valence-electron chi connectivity index (χ2n) is 5.64. The molecule has 94 valence electrons. The molecule has 18 heavy (non-hydrogen) atoms. The van der Waals surface area contributed by atoms with Crippen molar-refractivity contribution in [1.82, 2.24) is 9.88 Å². The topological polar surface area (TPSA) is 17.0 Å². The van der Waals surface area contributed by atoms with Gasteiger partial charge in [-0.3, -0.25) is 0 Å². The Kier molecular flexibility index (Phi) is 2.44. The Bertz CT molecular complexity index is 582. The highest BCUT2D eigenvalue weighted by Gasteiger charge is 2.27. The van der Waals surface area contributed by atoms with Crippen LogP contribution in [0.15, 0.2) is 24.3 Å². The summed E-state index contributed by atoms with van der Waals surface area (Å²) in [6, 6.07) is 9.57. The minimum absolute atomic E-state index is 0.599. The van der Waals surface area contributed by atoms with E-state index in [4.69, 9.17) is 0 Å². The summed E-state index contributed by atoms with van der Waals surface area (Å²) in [4.78, 5) is 0. The van der Waals surface area contributed by atoms with Crippen molar-refractivity contribution in [3.63, 3.8) is 0 Å². The van der Waals surface area contributed by atoms with Gasteiger partial charge in [0.15, 0.2) is 0 Å². The molecule has 2 nitrogen and oxygen atoms in total. The number of benzene rings is 1. The molecule has 1 aromatic heterocycles. The molecular formula is C16H20N2. The first-order valence-corrected chi connectivity index (χ1v) is 7.28. The summed E-state index contributed by atoms with van der Waals surface area (Å²) in [6.07, 6.45) is 6.58. The highest BCUT2D eigenvalue weighted by molar-refractivity contribution is 5.86. The van der Waals surface area contributed by atoms with Gasteiger partial charge >= 0.3 is 0 Å². The van der Waals surface area contributed by atoms with Crippen molar-refractivity contribution in [1.29, 1.82) is 0 Å². The van der Waals surface area contributed by atoms with E-state index in [1.807, 2.05) is 0 Å². The maximum atomic E-state index is 3.72. The van der Waals surface area contributed by atoms with Crippen molar-refractivity contribution in [3.05, 3.63) is 35.5 Å². The summed E-state index contributed by atoms with van der Waals surface area (Å²) >= 11 is 0. The molecule has 2 aliphatic rings. The molecule has 4 rings (SSSR count). The number of rotatable bonds is 0. The molecule has 3 heterocycles. The van der Waals surface area contributed by atoms with E-state index in [0.29, 0.717) is 6.04 Å². The van der Waals surface area contributed by atoms with Gasteiger partial charge in [-0.25, -0.2) is 0 Å². The molecule has 2 aromatic rings. The van der Waals surface area contributed by atoms with E-state index in [1.165, 1.54) is 49.6 Å². The molecule has 0 spiro atoms. The Morgan fingerprint density at radius 1 is 1.11 bits per heavy atom. The average molecular weight is 240 g/mol. The van der Waals surface area contributed by atoms with Crippen LogP contribution in [-0.4, -0.2) is 11.1 Å². The number of fused-ring (bicyclic) bond motifs is 3. The third-order valence-electron chi connectivity index (χ3n) is 4.59. The Balaban J connectivity index is 2.02. The van der Waals surface area contributed by atoms with Gasteiger partial charge in [-0.05, 0) is 37.4 Å². The monoisotopic (exact) mass is 240 g/mol. The summed E-state index contributed by atoms with van der Waals surface area (Å²) in [5, 5.41) is 5.23. The number of nitrogens with one attached hydrogen (secondary N) is 1. The molecule has 2 heteroatoms. The number of nitrogens with zero attached hydrogens (tertiary/aromatic N) is 1. The highest BCUT2D eigenvalue weighted by Crippen LogP contribution is 2.36. The van der Waals surface area contributed by atoms with Crippen LogP contribution < -0.4 is 5.32 Å². The van der Waals surface area contributed by atoms with Crippen LogP contribution in [0.5, 0.6) is 0 Å². The average Bonchev–Trinajstić information content (AvgIpc) is 2.70. The molecule has 0 radical (unpaired) electrons. The zero-order valence-electron chi connectivity index (χ0n) is 10.8. The van der Waals surface area contributed by atoms with Gasteiger partial charge in [-0.2, -0.15) is 0 Å². The summed E-state index contributed by atoms with van der Waals surface area (Å²) in [5.74, 6) is 0. The standard InChI is InChI=1S/C16H20N2/c1-2-7-14-16-13(9-10-17-14)12-6-3-4-8-15(12)18(16)11-5-1/h3-4,6,8,14,17H,1-2,5,7,9-11H2. The summed E-state index contributed by atoms with van der Waals surface area (Å²) < 4.78 is 2.60. The fourth-order valence-corrected chi connectivity index (χ4v) is 3.80. The van der Waals surface area contributed by atoms with Crippen LogP contribution in [0.3, 0.4) is 0 Å². The molecule has 0 aliphatic carbocycles. The van der Waals surface area contributed by atoms with Crippen molar-refractivity contribution in [2.45, 2.75) is 44.7 Å². The van der Waals surface area contributed by atoms with Crippen LogP contribution in [0.2, 0.25) is 0 Å². The Labute approximate surface area is 108 Å². The lowest BCUT2D eigenvalue weighted by molar-refractivity contribution is 0.400. The van der Waals surface area contributed by atoms with E-state index in [1.54, 1.807) is 11.3 Å². The second kappa shape index (κ2) is 4.13. The normalized spacial score (nSPS) is 23.4. The van der Waals surface area contributed by atoms with Crippen molar-refractivity contribution in [2.75, 3.05) is 6.54 Å². The number of aryl methyl sites for hydroxylation is 1. The third-order valence-corrected chi connectivity index (χ3v) is 4.59. The third kappa shape index (κ3) is 1.45. The molecule has 1 atom stereocenters. The van der Waals surface area contributed by atoms with Crippen LogP contribution in [0.1, 0.15) is 43.0 Å². The van der Waals surface area contributed by atoms with E-state index < -0.39 is 0 Å². The Morgan fingerprint density at radius 3 is 3.06 bits per heavy atom. The van der Waals surface area contributed by atoms with Gasteiger partial charge < -0.3 is 9.88 Å². The van der Waals surface area contributed by atoms with Crippen molar-refractivity contribution < 1.29 is 0 Å². The molecule has 2 aliphatic heterocycles. The molecule has 1 aromatic carbocycles. The molecule has 0 fully saturated rings. The quantitative estimate of drug-likeness (QED) is 0.746. The van der Waals surface area contributed by atoms with E-state index in [2.05, 4.69) is 34.1 Å². The SMILES string of the molecule is c1ccc2c(c1)c1c3n2CCCCCC3NCC1. The van der Waals surface area contributed by atoms with Crippen LogP contribution in [0, 0.1) is 0 Å². The Hall–Kier alpha value is -1.28. The highest BCUT2D eigenvalue weighted by atomic mass is 15.1. The largest absolute Gasteiger partial charge is 0.343 e. The van der Waals surface area contributed by atoms with Crippen molar-refractivity contribution in [2.24, 2.45) is 0 Å². The van der Waals surface area contributed by atoms with Crippen LogP contribution in [-0.2, 0) is 13.0 Å². The van der Waals surface area contributed by atoms with Crippen molar-refractivity contribution >= 4 is 10.9 Å². The number of para-hydroxylation sites is 1. The van der Waals surface area contributed by atoms with E-state index in [9.17, 15) is 0 Å². The van der Waals surface area contributed by atoms with E-state index in [0.717, 1.165) is 6.54 Å². The van der Waals surface area contributed by atoms with Crippen LogP contribution >= 0.6 is 0 Å². The van der Waals surface area contributed by atoms with Gasteiger partial charge in [0.1, 0.15) is 0 Å². The van der Waals surface area contributed by atoms with Gasteiger partial charge in [0.05, 0.1) is 0 Å². The van der Waals surface area contributed by atoms with Gasteiger partial charge in [0.2, 0.25) is 0 Å². The molecular weight excluding hydrogens is 220 g/mol. The summed E-state index contributed by atoms with van der Waals surface area (Å²) in [5.41, 5.74) is 4.68.